The maximum absolute atomic E-state index is 12.9. The molecule has 68 heavy (non-hydrogen) atoms. The first kappa shape index (κ1) is 63.8. The molecular formula is C55H98O12S. The van der Waals surface area contributed by atoms with E-state index >= 15 is 0 Å². The molecule has 0 saturated carbocycles. The summed E-state index contributed by atoms with van der Waals surface area (Å²) in [5.74, 6) is -0.404. The Hall–Kier alpha value is -2.20. The van der Waals surface area contributed by atoms with Gasteiger partial charge >= 0.3 is 16.4 Å². The molecule has 12 nitrogen and oxygen atoms in total. The lowest BCUT2D eigenvalue weighted by molar-refractivity contribution is -0.301. The van der Waals surface area contributed by atoms with Gasteiger partial charge in [-0.05, 0) is 57.8 Å². The van der Waals surface area contributed by atoms with Gasteiger partial charge in [0.1, 0.15) is 30.5 Å². The van der Waals surface area contributed by atoms with Gasteiger partial charge in [0.25, 0.3) is 0 Å². The molecule has 0 aromatic carbocycles. The van der Waals surface area contributed by atoms with Crippen molar-refractivity contribution in [3.8, 4) is 0 Å². The highest BCUT2D eigenvalue weighted by atomic mass is 32.3. The largest absolute Gasteiger partial charge is 0.457 e. The van der Waals surface area contributed by atoms with Gasteiger partial charge in [-0.25, -0.2) is 4.18 Å². The van der Waals surface area contributed by atoms with Crippen LogP contribution in [0, 0.1) is 0 Å². The smallest absolute Gasteiger partial charge is 0.397 e. The molecule has 0 spiro atoms. The van der Waals surface area contributed by atoms with Crippen LogP contribution in [0.1, 0.15) is 219 Å². The molecule has 13 heteroatoms. The van der Waals surface area contributed by atoms with Crippen molar-refractivity contribution in [1.29, 1.82) is 0 Å². The lowest BCUT2D eigenvalue weighted by atomic mass is 9.99. The molecule has 1 heterocycles. The second-order valence-electron chi connectivity index (χ2n) is 18.4. The summed E-state index contributed by atoms with van der Waals surface area (Å²) in [6.07, 6.45) is 49.6. The summed E-state index contributed by atoms with van der Waals surface area (Å²) in [6, 6.07) is 0. The molecule has 4 N–H and O–H groups in total. The van der Waals surface area contributed by atoms with E-state index in [1.54, 1.807) is 0 Å². The predicted molar refractivity (Wildman–Crippen MR) is 276 cm³/mol. The molecule has 6 unspecified atom stereocenters. The molecule has 0 bridgehead atoms. The summed E-state index contributed by atoms with van der Waals surface area (Å²) in [5.41, 5.74) is 0. The number of allylic oxidation sites excluding steroid dienone is 10. The third-order valence-corrected chi connectivity index (χ3v) is 12.6. The minimum atomic E-state index is -5.07. The summed E-state index contributed by atoms with van der Waals surface area (Å²) in [5, 5.41) is 30.8. The highest BCUT2D eigenvalue weighted by Crippen LogP contribution is 2.26. The summed E-state index contributed by atoms with van der Waals surface area (Å²) < 4.78 is 59.3. The molecule has 6 atom stereocenters. The van der Waals surface area contributed by atoms with E-state index in [0.717, 1.165) is 77.0 Å². The molecule has 0 aliphatic carbocycles. The topological polar surface area (TPSA) is 178 Å². The van der Waals surface area contributed by atoms with Gasteiger partial charge in [-0.15, -0.1) is 0 Å². The fourth-order valence-corrected chi connectivity index (χ4v) is 8.62. The maximum Gasteiger partial charge on any atom is 0.397 e. The van der Waals surface area contributed by atoms with Crippen molar-refractivity contribution in [2.24, 2.45) is 0 Å². The first-order chi connectivity index (χ1) is 33.1. The van der Waals surface area contributed by atoms with Crippen molar-refractivity contribution in [1.82, 2.24) is 0 Å². The predicted octanol–water partition coefficient (Wildman–Crippen LogP) is 12.9. The van der Waals surface area contributed by atoms with Crippen LogP contribution in [0.15, 0.2) is 60.8 Å². The fraction of sp³-hybridized carbons (Fsp3) is 0.800. The number of hydrogen-bond donors (Lipinski definition) is 4. The molecule has 0 amide bonds. The van der Waals surface area contributed by atoms with Gasteiger partial charge < -0.3 is 34.3 Å². The third-order valence-electron chi connectivity index (χ3n) is 12.2. The van der Waals surface area contributed by atoms with Gasteiger partial charge in [0.15, 0.2) is 6.29 Å². The standard InChI is InChI=1S/C55H98O12S/c1-3-5-7-9-11-13-15-17-19-21-22-23-24-25-26-27-28-29-30-32-34-36-38-40-42-44-51(57)65-49(48-64-55-53(59)54(67-68(60,61)62)52(58)50(46-56)66-55)47-63-45-43-41-39-37-35-33-31-20-18-16-14-12-10-8-6-4-2/h5,7,11,13,17,19,22-23,25-26,49-50,52-56,58-59H,3-4,6,8-10,12,14-16,18,20-21,24,27-48H2,1-2H3,(H,60,61,62)/b7-5-,13-11-,19-17-,23-22-,26-25-. The zero-order valence-corrected chi connectivity index (χ0v) is 43.5. The number of unbranched alkanes of at least 4 members (excludes halogenated alkanes) is 24. The Morgan fingerprint density at radius 2 is 1.01 bits per heavy atom. The van der Waals surface area contributed by atoms with E-state index in [0.29, 0.717) is 13.0 Å². The van der Waals surface area contributed by atoms with Crippen LogP contribution in [-0.2, 0) is 38.3 Å². The van der Waals surface area contributed by atoms with Crippen molar-refractivity contribution in [3.05, 3.63) is 60.8 Å². The molecule has 1 rings (SSSR count). The van der Waals surface area contributed by atoms with Crippen molar-refractivity contribution >= 4 is 16.4 Å². The normalized spacial score (nSPS) is 19.8. The van der Waals surface area contributed by atoms with Crippen molar-refractivity contribution in [2.75, 3.05) is 26.4 Å². The van der Waals surface area contributed by atoms with Gasteiger partial charge in [-0.3, -0.25) is 9.35 Å². The Balaban J connectivity index is 2.32. The van der Waals surface area contributed by atoms with Gasteiger partial charge in [-0.1, -0.05) is 216 Å². The van der Waals surface area contributed by atoms with Crippen LogP contribution in [0.25, 0.3) is 0 Å². The van der Waals surface area contributed by atoms with E-state index in [2.05, 4.69) is 78.8 Å². The Bertz CT molecular complexity index is 1410. The van der Waals surface area contributed by atoms with Crippen LogP contribution in [0.2, 0.25) is 0 Å². The fourth-order valence-electron chi connectivity index (χ4n) is 8.11. The molecule has 1 saturated heterocycles. The number of hydrogen-bond acceptors (Lipinski definition) is 11. The Kier molecular flexibility index (Phi) is 43.1. The monoisotopic (exact) mass is 983 g/mol. The molecule has 1 aliphatic rings. The van der Waals surface area contributed by atoms with Crippen LogP contribution in [-0.4, -0.2) is 97.5 Å². The van der Waals surface area contributed by atoms with Crippen LogP contribution in [0.3, 0.4) is 0 Å². The van der Waals surface area contributed by atoms with Crippen molar-refractivity contribution in [3.63, 3.8) is 0 Å². The van der Waals surface area contributed by atoms with Crippen molar-refractivity contribution < 1.29 is 56.2 Å². The highest BCUT2D eigenvalue weighted by Gasteiger charge is 2.48. The quantitative estimate of drug-likeness (QED) is 0.0197. The van der Waals surface area contributed by atoms with Crippen LogP contribution in [0.4, 0.5) is 0 Å². The van der Waals surface area contributed by atoms with E-state index < -0.39 is 59.8 Å². The number of rotatable bonds is 47. The third kappa shape index (κ3) is 38.5. The molecule has 1 aliphatic heterocycles. The van der Waals surface area contributed by atoms with E-state index in [1.165, 1.54) is 116 Å². The second kappa shape index (κ2) is 45.9. The van der Waals surface area contributed by atoms with E-state index in [4.69, 9.17) is 18.9 Å². The Labute approximate surface area is 414 Å². The SMILES string of the molecule is CC/C=C\C/C=C\C/C=C\C/C=C\C/C=C\CCCCCCCCCCCC(=O)OC(COCCCCCCCCCCCCCCCCCC)COC1OC(CO)C(O)C(OS(=O)(=O)O)C1O. The first-order valence-corrected chi connectivity index (χ1v) is 28.4. The lowest BCUT2D eigenvalue weighted by Gasteiger charge is -2.41. The van der Waals surface area contributed by atoms with Crippen molar-refractivity contribution in [2.45, 2.75) is 256 Å². The first-order valence-electron chi connectivity index (χ1n) is 27.0. The van der Waals surface area contributed by atoms with Gasteiger partial charge in [-0.2, -0.15) is 8.42 Å². The summed E-state index contributed by atoms with van der Waals surface area (Å²) in [7, 11) is -5.07. The summed E-state index contributed by atoms with van der Waals surface area (Å²) >= 11 is 0. The Morgan fingerprint density at radius 1 is 0.574 bits per heavy atom. The van der Waals surface area contributed by atoms with E-state index in [-0.39, 0.29) is 19.6 Å². The van der Waals surface area contributed by atoms with E-state index in [1.807, 2.05) is 0 Å². The molecule has 1 fully saturated rings. The molecule has 0 radical (unpaired) electrons. The highest BCUT2D eigenvalue weighted by molar-refractivity contribution is 7.80. The number of aliphatic hydroxyl groups is 3. The van der Waals surface area contributed by atoms with E-state index in [9.17, 15) is 33.1 Å². The number of ether oxygens (including phenoxy) is 4. The minimum Gasteiger partial charge on any atom is -0.457 e. The molecule has 0 aromatic heterocycles. The number of carbonyl (C=O) groups is 1. The van der Waals surface area contributed by atoms with Crippen LogP contribution in [0.5, 0.6) is 0 Å². The molecule has 396 valence electrons. The average Bonchev–Trinajstić information content (AvgIpc) is 3.31. The number of aliphatic hydroxyl groups excluding tert-OH is 3. The summed E-state index contributed by atoms with van der Waals surface area (Å²) in [4.78, 5) is 12.9. The number of carbonyl (C=O) groups excluding carboxylic acids is 1. The zero-order chi connectivity index (χ0) is 49.6. The maximum atomic E-state index is 12.9. The Morgan fingerprint density at radius 3 is 1.49 bits per heavy atom. The minimum absolute atomic E-state index is 0.0343. The zero-order valence-electron chi connectivity index (χ0n) is 42.7. The second-order valence-corrected chi connectivity index (χ2v) is 19.5. The number of esters is 1. The molecular weight excluding hydrogens is 885 g/mol. The summed E-state index contributed by atoms with van der Waals surface area (Å²) in [6.45, 7) is 3.90. The van der Waals surface area contributed by atoms with Crippen LogP contribution >= 0.6 is 0 Å². The van der Waals surface area contributed by atoms with Gasteiger partial charge in [0, 0.05) is 13.0 Å². The molecule has 0 aromatic rings. The lowest BCUT2D eigenvalue weighted by Crippen LogP contribution is -2.60. The van der Waals surface area contributed by atoms with Gasteiger partial charge in [0.2, 0.25) is 0 Å². The van der Waals surface area contributed by atoms with Crippen LogP contribution < -0.4 is 0 Å². The van der Waals surface area contributed by atoms with Gasteiger partial charge in [0.05, 0.1) is 19.8 Å². The average molecular weight is 983 g/mol.